The van der Waals surface area contributed by atoms with E-state index in [4.69, 9.17) is 9.47 Å². The van der Waals surface area contributed by atoms with Gasteiger partial charge in [0.1, 0.15) is 5.76 Å². The fraction of sp³-hybridized carbons (Fsp3) is 0.600. The van der Waals surface area contributed by atoms with Crippen molar-refractivity contribution in [1.29, 1.82) is 0 Å². The van der Waals surface area contributed by atoms with Crippen molar-refractivity contribution in [1.82, 2.24) is 0 Å². The Balaban J connectivity index is 2.51. The van der Waals surface area contributed by atoms with Crippen molar-refractivity contribution < 1.29 is 24.2 Å². The third-order valence-corrected chi connectivity index (χ3v) is 4.59. The van der Waals surface area contributed by atoms with Gasteiger partial charge in [0.05, 0.1) is 0 Å². The van der Waals surface area contributed by atoms with Crippen LogP contribution in [0.4, 0.5) is 0 Å². The molecule has 1 aliphatic carbocycles. The number of hydrogen-bond acceptors (Lipinski definition) is 5. The Morgan fingerprint density at radius 2 is 2.12 bits per heavy atom. The minimum Gasteiger partial charge on any atom is -0.486 e. The summed E-state index contributed by atoms with van der Waals surface area (Å²) in [4.78, 5) is 25.2. The van der Waals surface area contributed by atoms with Crippen molar-refractivity contribution in [2.45, 2.75) is 71.7 Å². The van der Waals surface area contributed by atoms with Crippen molar-refractivity contribution in [3.63, 3.8) is 0 Å². The molecule has 25 heavy (non-hydrogen) atoms. The van der Waals surface area contributed by atoms with E-state index in [0.29, 0.717) is 6.42 Å². The molecule has 1 fully saturated rings. The quantitative estimate of drug-likeness (QED) is 0.790. The first-order valence-corrected chi connectivity index (χ1v) is 8.68. The van der Waals surface area contributed by atoms with Gasteiger partial charge in [0.2, 0.25) is 11.4 Å². The molecule has 1 heterocycles. The average Bonchev–Trinajstić information content (AvgIpc) is 2.65. The van der Waals surface area contributed by atoms with Gasteiger partial charge in [0, 0.05) is 12.8 Å². The molecular weight excluding hydrogens is 320 g/mol. The van der Waals surface area contributed by atoms with E-state index >= 15 is 0 Å². The van der Waals surface area contributed by atoms with Crippen LogP contribution in [0.3, 0.4) is 0 Å². The number of rotatable bonds is 4. The third kappa shape index (κ3) is 3.43. The minimum absolute atomic E-state index is 0.0891. The van der Waals surface area contributed by atoms with Crippen LogP contribution in [-0.2, 0) is 19.1 Å². The number of hydrogen-bond donors (Lipinski definition) is 1. The number of allylic oxidation sites excluding steroid dienone is 3. The molecule has 0 saturated carbocycles. The summed E-state index contributed by atoms with van der Waals surface area (Å²) < 4.78 is 11.6. The molecule has 3 unspecified atom stereocenters. The molecule has 1 aliphatic heterocycles. The fourth-order valence-corrected chi connectivity index (χ4v) is 3.33. The van der Waals surface area contributed by atoms with Crippen LogP contribution in [0.5, 0.6) is 0 Å². The van der Waals surface area contributed by atoms with Gasteiger partial charge in [0.15, 0.2) is 11.7 Å². The molecule has 0 amide bonds. The topological polar surface area (TPSA) is 72.8 Å². The molecule has 3 atom stereocenters. The van der Waals surface area contributed by atoms with E-state index in [9.17, 15) is 14.7 Å². The smallest absolute Gasteiger partial charge is 0.307 e. The van der Waals surface area contributed by atoms with E-state index in [0.717, 1.165) is 11.1 Å². The van der Waals surface area contributed by atoms with Crippen LogP contribution in [0, 0.1) is 5.92 Å². The summed E-state index contributed by atoms with van der Waals surface area (Å²) in [6.07, 6.45) is 4.76. The van der Waals surface area contributed by atoms with Crippen LogP contribution in [-0.4, -0.2) is 34.2 Å². The SMILES string of the molecule is CC(C)=CC=C1OC2CC(C)=CC(=O)C2(OC(=O)CC(C)C)C1(C)O. The molecule has 0 aromatic carbocycles. The van der Waals surface area contributed by atoms with Crippen molar-refractivity contribution >= 4 is 11.8 Å². The van der Waals surface area contributed by atoms with Crippen LogP contribution in [0.25, 0.3) is 0 Å². The lowest BCUT2D eigenvalue weighted by atomic mass is 9.72. The molecule has 0 bridgehead atoms. The standard InChI is InChI=1S/C20H28O5/c1-12(2)7-8-16-19(6,23)20(25-18(22)9-13(3)4)15(21)10-14(5)11-17(20)24-16/h7-8,10,13,17,23H,9,11H2,1-6H3. The molecule has 0 radical (unpaired) electrons. The largest absolute Gasteiger partial charge is 0.486 e. The van der Waals surface area contributed by atoms with Gasteiger partial charge in [-0.25, -0.2) is 0 Å². The number of carbonyl (C=O) groups is 2. The highest BCUT2D eigenvalue weighted by atomic mass is 16.6. The normalized spacial score (nSPS) is 33.0. The van der Waals surface area contributed by atoms with E-state index in [1.807, 2.05) is 34.6 Å². The molecule has 2 rings (SSSR count). The van der Waals surface area contributed by atoms with E-state index in [1.54, 1.807) is 12.2 Å². The van der Waals surface area contributed by atoms with Gasteiger partial charge < -0.3 is 14.6 Å². The number of esters is 1. The molecule has 2 aliphatic rings. The Kier molecular flexibility index (Phi) is 5.28. The molecule has 1 N–H and O–H groups in total. The Bertz CT molecular complexity index is 662. The second kappa shape index (κ2) is 6.79. The summed E-state index contributed by atoms with van der Waals surface area (Å²) in [6.45, 7) is 10.9. The minimum atomic E-state index is -1.74. The van der Waals surface area contributed by atoms with E-state index in [1.165, 1.54) is 13.0 Å². The van der Waals surface area contributed by atoms with Gasteiger partial charge in [0.25, 0.3) is 0 Å². The summed E-state index contributed by atoms with van der Waals surface area (Å²) in [7, 11) is 0. The summed E-state index contributed by atoms with van der Waals surface area (Å²) >= 11 is 0. The molecule has 5 nitrogen and oxygen atoms in total. The fourth-order valence-electron chi connectivity index (χ4n) is 3.33. The molecule has 0 aromatic heterocycles. The average molecular weight is 348 g/mol. The zero-order chi connectivity index (χ0) is 19.0. The number of aliphatic hydroxyl groups is 1. The second-order valence-electron chi connectivity index (χ2n) is 7.82. The lowest BCUT2D eigenvalue weighted by Crippen LogP contribution is -2.63. The highest BCUT2D eigenvalue weighted by Gasteiger charge is 2.70. The van der Waals surface area contributed by atoms with E-state index < -0.39 is 29.1 Å². The van der Waals surface area contributed by atoms with Crippen molar-refractivity contribution in [3.05, 3.63) is 35.1 Å². The van der Waals surface area contributed by atoms with Crippen molar-refractivity contribution in [2.75, 3.05) is 0 Å². The van der Waals surface area contributed by atoms with Gasteiger partial charge in [-0.15, -0.1) is 0 Å². The molecule has 1 saturated heterocycles. The van der Waals surface area contributed by atoms with Crippen LogP contribution in [0.1, 0.15) is 54.4 Å². The maximum Gasteiger partial charge on any atom is 0.307 e. The molecule has 0 aromatic rings. The molecule has 0 spiro atoms. The number of ketones is 1. The molecule has 5 heteroatoms. The van der Waals surface area contributed by atoms with Gasteiger partial charge in [-0.3, -0.25) is 9.59 Å². The van der Waals surface area contributed by atoms with Gasteiger partial charge in [-0.05, 0) is 45.8 Å². The predicted octanol–water partition coefficient (Wildman–Crippen LogP) is 3.23. The summed E-state index contributed by atoms with van der Waals surface area (Å²) in [5.41, 5.74) is -1.61. The number of fused-ring (bicyclic) bond motifs is 1. The van der Waals surface area contributed by atoms with Crippen LogP contribution in [0.2, 0.25) is 0 Å². The monoisotopic (exact) mass is 348 g/mol. The Morgan fingerprint density at radius 1 is 1.48 bits per heavy atom. The highest BCUT2D eigenvalue weighted by molar-refractivity contribution is 6.02. The first-order chi connectivity index (χ1) is 11.5. The summed E-state index contributed by atoms with van der Waals surface area (Å²) in [5.74, 6) is -0.601. The zero-order valence-corrected chi connectivity index (χ0v) is 15.9. The molecular formula is C20H28O5. The highest BCUT2D eigenvalue weighted by Crippen LogP contribution is 2.50. The van der Waals surface area contributed by atoms with E-state index in [2.05, 4.69) is 0 Å². The van der Waals surface area contributed by atoms with Crippen LogP contribution >= 0.6 is 0 Å². The summed E-state index contributed by atoms with van der Waals surface area (Å²) in [5, 5.41) is 11.2. The van der Waals surface area contributed by atoms with Crippen molar-refractivity contribution in [3.8, 4) is 0 Å². The van der Waals surface area contributed by atoms with Gasteiger partial charge >= 0.3 is 5.97 Å². The second-order valence-corrected chi connectivity index (χ2v) is 7.82. The first-order valence-electron chi connectivity index (χ1n) is 8.68. The molecule has 138 valence electrons. The zero-order valence-electron chi connectivity index (χ0n) is 15.9. The maximum atomic E-state index is 12.9. The van der Waals surface area contributed by atoms with E-state index in [-0.39, 0.29) is 18.1 Å². The third-order valence-electron chi connectivity index (χ3n) is 4.59. The maximum absolute atomic E-state index is 12.9. The summed E-state index contributed by atoms with van der Waals surface area (Å²) in [6, 6.07) is 0. The Morgan fingerprint density at radius 3 is 2.68 bits per heavy atom. The lowest BCUT2D eigenvalue weighted by molar-refractivity contribution is -0.192. The van der Waals surface area contributed by atoms with Gasteiger partial charge in [-0.2, -0.15) is 0 Å². The number of carbonyl (C=O) groups excluding carboxylic acids is 2. The van der Waals surface area contributed by atoms with Gasteiger partial charge in [-0.1, -0.05) is 31.1 Å². The van der Waals surface area contributed by atoms with Crippen LogP contribution < -0.4 is 0 Å². The lowest BCUT2D eigenvalue weighted by Gasteiger charge is -2.40. The Labute approximate surface area is 149 Å². The predicted molar refractivity (Wildman–Crippen MR) is 94.7 cm³/mol. The van der Waals surface area contributed by atoms with Crippen molar-refractivity contribution in [2.24, 2.45) is 5.92 Å². The number of ether oxygens (including phenoxy) is 2. The van der Waals surface area contributed by atoms with Crippen LogP contribution in [0.15, 0.2) is 35.1 Å². The first kappa shape index (κ1) is 19.4. The Hall–Kier alpha value is -1.88.